The van der Waals surface area contributed by atoms with Gasteiger partial charge < -0.3 is 14.7 Å². The highest BCUT2D eigenvalue weighted by molar-refractivity contribution is 5.98. The van der Waals surface area contributed by atoms with Crippen LogP contribution in [0.3, 0.4) is 0 Å². The Balaban J connectivity index is 1.94. The zero-order valence-electron chi connectivity index (χ0n) is 15.2. The number of anilines is 1. The van der Waals surface area contributed by atoms with Crippen molar-refractivity contribution in [1.29, 1.82) is 0 Å². The summed E-state index contributed by atoms with van der Waals surface area (Å²) in [6.07, 6.45) is 1.93. The fourth-order valence-corrected chi connectivity index (χ4v) is 3.47. The second kappa shape index (κ2) is 6.34. The van der Waals surface area contributed by atoms with Crippen molar-refractivity contribution in [2.75, 3.05) is 11.9 Å². The number of rotatable bonds is 4. The Morgan fingerprint density at radius 2 is 2.12 bits per heavy atom. The molecule has 0 aromatic carbocycles. The van der Waals surface area contributed by atoms with E-state index in [4.69, 9.17) is 4.52 Å². The number of amides is 2. The third-order valence-corrected chi connectivity index (χ3v) is 4.98. The van der Waals surface area contributed by atoms with Crippen LogP contribution >= 0.6 is 0 Å². The molecule has 2 aromatic rings. The van der Waals surface area contributed by atoms with Crippen LogP contribution in [0, 0.1) is 26.7 Å². The molecule has 2 amide bonds. The van der Waals surface area contributed by atoms with Gasteiger partial charge in [-0.1, -0.05) is 5.16 Å². The minimum Gasteiger partial charge on any atom is -0.359 e. The standard InChI is InChI=1S/C17H23N5O3/c1-6-22-14(23)7-12(16(22)13-8-18-21(5)10(13)3)17(24)19-15-9(2)20-25-11(15)4/h8,12,16H,6-7H2,1-5H3,(H,19,24)/t12-,16-/m0/s1. The van der Waals surface area contributed by atoms with E-state index in [9.17, 15) is 9.59 Å². The molecule has 8 heteroatoms. The summed E-state index contributed by atoms with van der Waals surface area (Å²) in [5.41, 5.74) is 3.06. The molecule has 0 saturated carbocycles. The maximum atomic E-state index is 12.9. The average molecular weight is 345 g/mol. The molecule has 0 unspecified atom stereocenters. The van der Waals surface area contributed by atoms with Crippen LogP contribution in [-0.2, 0) is 16.6 Å². The monoisotopic (exact) mass is 345 g/mol. The molecule has 0 spiro atoms. The average Bonchev–Trinajstić information content (AvgIpc) is 3.19. The number of aryl methyl sites for hydroxylation is 3. The zero-order valence-corrected chi connectivity index (χ0v) is 15.2. The van der Waals surface area contributed by atoms with E-state index in [-0.39, 0.29) is 24.3 Å². The van der Waals surface area contributed by atoms with E-state index in [2.05, 4.69) is 15.6 Å². The molecule has 1 aliphatic rings. The summed E-state index contributed by atoms with van der Waals surface area (Å²) < 4.78 is 6.86. The van der Waals surface area contributed by atoms with E-state index in [1.165, 1.54) is 0 Å². The van der Waals surface area contributed by atoms with Crippen molar-refractivity contribution < 1.29 is 14.1 Å². The Morgan fingerprint density at radius 1 is 1.40 bits per heavy atom. The Bertz CT molecular complexity index is 803. The fraction of sp³-hybridized carbons (Fsp3) is 0.529. The fourth-order valence-electron chi connectivity index (χ4n) is 3.47. The van der Waals surface area contributed by atoms with Gasteiger partial charge in [-0.3, -0.25) is 14.3 Å². The van der Waals surface area contributed by atoms with Gasteiger partial charge in [0.1, 0.15) is 11.4 Å². The van der Waals surface area contributed by atoms with Crippen molar-refractivity contribution in [3.05, 3.63) is 28.9 Å². The first-order valence-corrected chi connectivity index (χ1v) is 8.36. The predicted molar refractivity (Wildman–Crippen MR) is 90.8 cm³/mol. The van der Waals surface area contributed by atoms with Gasteiger partial charge in [0.2, 0.25) is 11.8 Å². The topological polar surface area (TPSA) is 93.3 Å². The van der Waals surface area contributed by atoms with Crippen molar-refractivity contribution in [3.63, 3.8) is 0 Å². The molecule has 25 heavy (non-hydrogen) atoms. The molecule has 0 aliphatic carbocycles. The van der Waals surface area contributed by atoms with Gasteiger partial charge >= 0.3 is 0 Å². The molecule has 2 atom stereocenters. The van der Waals surface area contributed by atoms with E-state index in [0.29, 0.717) is 23.7 Å². The second-order valence-electron chi connectivity index (χ2n) is 6.43. The van der Waals surface area contributed by atoms with Crippen molar-refractivity contribution in [1.82, 2.24) is 19.8 Å². The van der Waals surface area contributed by atoms with E-state index in [0.717, 1.165) is 11.3 Å². The van der Waals surface area contributed by atoms with Gasteiger partial charge in [0.05, 0.1) is 18.2 Å². The van der Waals surface area contributed by atoms with Crippen molar-refractivity contribution in [3.8, 4) is 0 Å². The van der Waals surface area contributed by atoms with Gasteiger partial charge in [0.15, 0.2) is 5.76 Å². The maximum Gasteiger partial charge on any atom is 0.230 e. The highest BCUT2D eigenvalue weighted by Gasteiger charge is 2.45. The number of carbonyl (C=O) groups is 2. The molecular formula is C17H23N5O3. The smallest absolute Gasteiger partial charge is 0.230 e. The van der Waals surface area contributed by atoms with Gasteiger partial charge in [-0.15, -0.1) is 0 Å². The largest absolute Gasteiger partial charge is 0.359 e. The normalized spacial score (nSPS) is 20.4. The van der Waals surface area contributed by atoms with Crippen molar-refractivity contribution >= 4 is 17.5 Å². The van der Waals surface area contributed by atoms with Gasteiger partial charge in [0, 0.05) is 31.3 Å². The molecule has 0 radical (unpaired) electrons. The van der Waals surface area contributed by atoms with Crippen LogP contribution in [0.2, 0.25) is 0 Å². The van der Waals surface area contributed by atoms with E-state index in [1.54, 1.807) is 29.6 Å². The first-order valence-electron chi connectivity index (χ1n) is 8.36. The first-order chi connectivity index (χ1) is 11.8. The summed E-state index contributed by atoms with van der Waals surface area (Å²) >= 11 is 0. The summed E-state index contributed by atoms with van der Waals surface area (Å²) in [6.45, 7) is 7.93. The van der Waals surface area contributed by atoms with Crippen molar-refractivity contribution in [2.45, 2.75) is 40.2 Å². The molecule has 3 heterocycles. The lowest BCUT2D eigenvalue weighted by molar-refractivity contribution is -0.129. The lowest BCUT2D eigenvalue weighted by Gasteiger charge is -2.26. The van der Waals surface area contributed by atoms with Crippen LogP contribution < -0.4 is 5.32 Å². The maximum absolute atomic E-state index is 12.9. The summed E-state index contributed by atoms with van der Waals surface area (Å²) in [6, 6.07) is -0.313. The molecule has 1 aliphatic heterocycles. The van der Waals surface area contributed by atoms with Gasteiger partial charge in [-0.2, -0.15) is 5.10 Å². The van der Waals surface area contributed by atoms with E-state index in [1.807, 2.05) is 20.9 Å². The second-order valence-corrected chi connectivity index (χ2v) is 6.43. The minimum absolute atomic E-state index is 0.0188. The molecule has 8 nitrogen and oxygen atoms in total. The number of hydrogen-bond donors (Lipinski definition) is 1. The van der Waals surface area contributed by atoms with Crippen LogP contribution in [0.15, 0.2) is 10.7 Å². The number of hydrogen-bond acceptors (Lipinski definition) is 5. The molecule has 1 saturated heterocycles. The lowest BCUT2D eigenvalue weighted by atomic mass is 9.93. The molecule has 3 rings (SSSR count). The van der Waals surface area contributed by atoms with Crippen molar-refractivity contribution in [2.24, 2.45) is 13.0 Å². The van der Waals surface area contributed by atoms with Crippen LogP contribution in [0.5, 0.6) is 0 Å². The lowest BCUT2D eigenvalue weighted by Crippen LogP contribution is -2.32. The van der Waals surface area contributed by atoms with Gasteiger partial charge in [-0.05, 0) is 27.7 Å². The minimum atomic E-state index is -0.482. The molecule has 1 fully saturated rings. The van der Waals surface area contributed by atoms with E-state index >= 15 is 0 Å². The van der Waals surface area contributed by atoms with Crippen LogP contribution in [0.1, 0.15) is 42.1 Å². The van der Waals surface area contributed by atoms with E-state index < -0.39 is 5.92 Å². The Labute approximate surface area is 146 Å². The number of aromatic nitrogens is 3. The summed E-state index contributed by atoms with van der Waals surface area (Å²) in [7, 11) is 1.85. The number of likely N-dealkylation sites (tertiary alicyclic amines) is 1. The number of nitrogens with zero attached hydrogens (tertiary/aromatic N) is 4. The summed E-state index contributed by atoms with van der Waals surface area (Å²) in [4.78, 5) is 27.1. The SMILES string of the molecule is CCN1C(=O)C[C@H](C(=O)Nc2c(C)noc2C)[C@H]1c1cnn(C)c1C. The van der Waals surface area contributed by atoms with Crippen LogP contribution in [0.4, 0.5) is 5.69 Å². The Morgan fingerprint density at radius 3 is 2.64 bits per heavy atom. The Kier molecular flexibility index (Phi) is 4.36. The molecule has 1 N–H and O–H groups in total. The Hall–Kier alpha value is -2.64. The number of carbonyl (C=O) groups excluding carboxylic acids is 2. The highest BCUT2D eigenvalue weighted by Crippen LogP contribution is 2.40. The third-order valence-electron chi connectivity index (χ3n) is 4.98. The quantitative estimate of drug-likeness (QED) is 0.913. The molecule has 134 valence electrons. The van der Waals surface area contributed by atoms with Crippen LogP contribution in [-0.4, -0.2) is 38.2 Å². The molecular weight excluding hydrogens is 322 g/mol. The number of nitrogens with one attached hydrogen (secondary N) is 1. The molecule has 0 bridgehead atoms. The summed E-state index contributed by atoms with van der Waals surface area (Å²) in [5.74, 6) is -0.151. The van der Waals surface area contributed by atoms with Crippen LogP contribution in [0.25, 0.3) is 0 Å². The summed E-state index contributed by atoms with van der Waals surface area (Å²) in [5, 5.41) is 11.0. The zero-order chi connectivity index (χ0) is 18.3. The first kappa shape index (κ1) is 17.2. The highest BCUT2D eigenvalue weighted by atomic mass is 16.5. The van der Waals surface area contributed by atoms with Gasteiger partial charge in [0.25, 0.3) is 0 Å². The molecule has 2 aromatic heterocycles. The third kappa shape index (κ3) is 2.81. The van der Waals surface area contributed by atoms with Gasteiger partial charge in [-0.25, -0.2) is 0 Å². The predicted octanol–water partition coefficient (Wildman–Crippen LogP) is 1.88.